The maximum atomic E-state index is 5.40. The summed E-state index contributed by atoms with van der Waals surface area (Å²) in [6.07, 6.45) is 15.0. The van der Waals surface area contributed by atoms with Crippen molar-refractivity contribution in [2.24, 2.45) is 0 Å². The number of unbranched alkanes of at least 4 members (excludes halogenated alkanes) is 8. The summed E-state index contributed by atoms with van der Waals surface area (Å²) in [5, 5.41) is 0. The standard InChI is InChI=1S/C16H28O2/c1-3-4-5-6-7-8-9-10-11-12-16-15(17-2)13-14-18-16/h13-14H,3-12H2,1-2H3. The van der Waals surface area contributed by atoms with E-state index in [1.807, 2.05) is 6.07 Å². The summed E-state index contributed by atoms with van der Waals surface area (Å²) in [5.74, 6) is 1.90. The molecule has 0 saturated carbocycles. The van der Waals surface area contributed by atoms with Crippen LogP contribution in [0.3, 0.4) is 0 Å². The van der Waals surface area contributed by atoms with E-state index in [1.54, 1.807) is 13.4 Å². The number of aryl methyl sites for hydroxylation is 1. The number of rotatable bonds is 11. The summed E-state index contributed by atoms with van der Waals surface area (Å²) >= 11 is 0. The number of hydrogen-bond acceptors (Lipinski definition) is 2. The largest absolute Gasteiger partial charge is 0.493 e. The normalized spacial score (nSPS) is 10.8. The fraction of sp³-hybridized carbons (Fsp3) is 0.750. The molecule has 1 aromatic heterocycles. The topological polar surface area (TPSA) is 22.4 Å². The Kier molecular flexibility index (Phi) is 8.45. The zero-order valence-corrected chi connectivity index (χ0v) is 12.0. The van der Waals surface area contributed by atoms with Crippen LogP contribution in [0.25, 0.3) is 0 Å². The molecule has 0 aliphatic rings. The van der Waals surface area contributed by atoms with Gasteiger partial charge in [0.25, 0.3) is 0 Å². The van der Waals surface area contributed by atoms with Gasteiger partial charge in [-0.15, -0.1) is 0 Å². The molecule has 1 heterocycles. The highest BCUT2D eigenvalue weighted by molar-refractivity contribution is 5.24. The monoisotopic (exact) mass is 252 g/mol. The van der Waals surface area contributed by atoms with E-state index in [-0.39, 0.29) is 0 Å². The molecule has 2 heteroatoms. The fourth-order valence-corrected chi connectivity index (χ4v) is 2.29. The van der Waals surface area contributed by atoms with Crippen molar-refractivity contribution in [2.45, 2.75) is 71.1 Å². The molecule has 104 valence electrons. The van der Waals surface area contributed by atoms with Crippen molar-refractivity contribution in [3.63, 3.8) is 0 Å². The van der Waals surface area contributed by atoms with Crippen molar-refractivity contribution < 1.29 is 9.15 Å². The van der Waals surface area contributed by atoms with Gasteiger partial charge in [-0.1, -0.05) is 58.3 Å². The predicted octanol–water partition coefficient (Wildman–Crippen LogP) is 5.36. The van der Waals surface area contributed by atoms with Gasteiger partial charge in [-0.25, -0.2) is 0 Å². The third-order valence-corrected chi connectivity index (χ3v) is 3.43. The van der Waals surface area contributed by atoms with Gasteiger partial charge in [0.15, 0.2) is 5.75 Å². The predicted molar refractivity (Wildman–Crippen MR) is 76.2 cm³/mol. The van der Waals surface area contributed by atoms with E-state index in [9.17, 15) is 0 Å². The second-order valence-corrected chi connectivity index (χ2v) is 4.99. The van der Waals surface area contributed by atoms with Crippen LogP contribution in [-0.4, -0.2) is 7.11 Å². The van der Waals surface area contributed by atoms with Gasteiger partial charge in [0.05, 0.1) is 13.4 Å². The van der Waals surface area contributed by atoms with Crippen molar-refractivity contribution in [1.82, 2.24) is 0 Å². The van der Waals surface area contributed by atoms with Crippen LogP contribution < -0.4 is 4.74 Å². The Morgan fingerprint density at radius 1 is 0.944 bits per heavy atom. The van der Waals surface area contributed by atoms with E-state index in [0.717, 1.165) is 17.9 Å². The minimum absolute atomic E-state index is 0.898. The third kappa shape index (κ3) is 6.13. The molecular weight excluding hydrogens is 224 g/mol. The molecule has 0 fully saturated rings. The Bertz CT molecular complexity index is 291. The molecule has 0 unspecified atom stereocenters. The number of methoxy groups -OCH3 is 1. The van der Waals surface area contributed by atoms with Gasteiger partial charge in [-0.05, 0) is 6.42 Å². The molecule has 0 amide bonds. The Hall–Kier alpha value is -0.920. The van der Waals surface area contributed by atoms with Gasteiger partial charge in [0, 0.05) is 12.5 Å². The molecule has 0 radical (unpaired) electrons. The highest BCUT2D eigenvalue weighted by Crippen LogP contribution is 2.21. The number of hydrogen-bond donors (Lipinski definition) is 0. The first-order valence-corrected chi connectivity index (χ1v) is 7.48. The molecule has 0 aliphatic carbocycles. The lowest BCUT2D eigenvalue weighted by atomic mass is 10.1. The van der Waals surface area contributed by atoms with E-state index < -0.39 is 0 Å². The maximum absolute atomic E-state index is 5.40. The quantitative estimate of drug-likeness (QED) is 0.494. The lowest BCUT2D eigenvalue weighted by Crippen LogP contribution is -1.89. The fourth-order valence-electron chi connectivity index (χ4n) is 2.29. The highest BCUT2D eigenvalue weighted by atomic mass is 16.5. The van der Waals surface area contributed by atoms with E-state index in [4.69, 9.17) is 9.15 Å². The van der Waals surface area contributed by atoms with Crippen LogP contribution >= 0.6 is 0 Å². The Morgan fingerprint density at radius 2 is 1.56 bits per heavy atom. The summed E-state index contributed by atoms with van der Waals surface area (Å²) in [4.78, 5) is 0. The van der Waals surface area contributed by atoms with Crippen LogP contribution in [0.1, 0.15) is 70.5 Å². The minimum Gasteiger partial charge on any atom is -0.493 e. The van der Waals surface area contributed by atoms with Gasteiger partial charge in [-0.3, -0.25) is 0 Å². The van der Waals surface area contributed by atoms with Crippen LogP contribution in [0.15, 0.2) is 16.7 Å². The van der Waals surface area contributed by atoms with Crippen LogP contribution in [-0.2, 0) is 6.42 Å². The van der Waals surface area contributed by atoms with Crippen molar-refractivity contribution in [3.05, 3.63) is 18.1 Å². The van der Waals surface area contributed by atoms with Crippen LogP contribution in [0.5, 0.6) is 5.75 Å². The van der Waals surface area contributed by atoms with Gasteiger partial charge >= 0.3 is 0 Å². The Balaban J connectivity index is 1.92. The van der Waals surface area contributed by atoms with Crippen molar-refractivity contribution in [1.29, 1.82) is 0 Å². The molecule has 1 aromatic rings. The van der Waals surface area contributed by atoms with Crippen molar-refractivity contribution in [2.75, 3.05) is 7.11 Å². The third-order valence-electron chi connectivity index (χ3n) is 3.43. The molecule has 1 rings (SSSR count). The van der Waals surface area contributed by atoms with E-state index in [1.165, 1.54) is 57.8 Å². The lowest BCUT2D eigenvalue weighted by Gasteiger charge is -2.02. The van der Waals surface area contributed by atoms with Gasteiger partial charge < -0.3 is 9.15 Å². The molecule has 18 heavy (non-hydrogen) atoms. The van der Waals surface area contributed by atoms with Crippen LogP contribution in [0.4, 0.5) is 0 Å². The average Bonchev–Trinajstić information content (AvgIpc) is 2.84. The van der Waals surface area contributed by atoms with Gasteiger partial charge in [-0.2, -0.15) is 0 Å². The zero-order valence-electron chi connectivity index (χ0n) is 12.0. The average molecular weight is 252 g/mol. The summed E-state index contributed by atoms with van der Waals surface area (Å²) < 4.78 is 10.6. The zero-order chi connectivity index (χ0) is 13.1. The molecular formula is C16H28O2. The van der Waals surface area contributed by atoms with E-state index >= 15 is 0 Å². The second-order valence-electron chi connectivity index (χ2n) is 4.99. The molecule has 0 bridgehead atoms. The molecule has 0 saturated heterocycles. The van der Waals surface area contributed by atoms with E-state index in [0.29, 0.717) is 0 Å². The summed E-state index contributed by atoms with van der Waals surface area (Å²) in [6.45, 7) is 2.27. The van der Waals surface area contributed by atoms with Crippen LogP contribution in [0.2, 0.25) is 0 Å². The van der Waals surface area contributed by atoms with E-state index in [2.05, 4.69) is 6.92 Å². The minimum atomic E-state index is 0.898. The molecule has 0 aliphatic heterocycles. The first-order valence-electron chi connectivity index (χ1n) is 7.48. The van der Waals surface area contributed by atoms with Crippen molar-refractivity contribution in [3.8, 4) is 5.75 Å². The summed E-state index contributed by atoms with van der Waals surface area (Å²) in [6, 6.07) is 1.89. The molecule has 0 aromatic carbocycles. The molecule has 0 atom stereocenters. The molecule has 0 spiro atoms. The van der Waals surface area contributed by atoms with Gasteiger partial charge in [0.2, 0.25) is 0 Å². The molecule has 0 N–H and O–H groups in total. The smallest absolute Gasteiger partial charge is 0.160 e. The SMILES string of the molecule is CCCCCCCCCCCc1occc1OC. The first kappa shape index (κ1) is 15.1. The maximum Gasteiger partial charge on any atom is 0.160 e. The Labute approximate surface area is 112 Å². The summed E-state index contributed by atoms with van der Waals surface area (Å²) in [7, 11) is 1.70. The lowest BCUT2D eigenvalue weighted by molar-refractivity contribution is 0.388. The Morgan fingerprint density at radius 3 is 2.17 bits per heavy atom. The second kappa shape index (κ2) is 10.0. The van der Waals surface area contributed by atoms with Crippen LogP contribution in [0, 0.1) is 0 Å². The molecule has 2 nitrogen and oxygen atoms in total. The number of furan rings is 1. The first-order chi connectivity index (χ1) is 8.88. The van der Waals surface area contributed by atoms with Crippen molar-refractivity contribution >= 4 is 0 Å². The number of ether oxygens (including phenoxy) is 1. The highest BCUT2D eigenvalue weighted by Gasteiger charge is 2.05. The summed E-state index contributed by atoms with van der Waals surface area (Å²) in [5.41, 5.74) is 0. The van der Waals surface area contributed by atoms with Gasteiger partial charge in [0.1, 0.15) is 5.76 Å².